The molecule has 0 aromatic rings. The van der Waals surface area contributed by atoms with E-state index in [1.54, 1.807) is 14.0 Å². The highest BCUT2D eigenvalue weighted by Gasteiger charge is 2.48. The lowest BCUT2D eigenvalue weighted by Gasteiger charge is -2.28. The molecule has 0 aromatic heterocycles. The van der Waals surface area contributed by atoms with Crippen molar-refractivity contribution in [1.29, 1.82) is 0 Å². The lowest BCUT2D eigenvalue weighted by Crippen LogP contribution is -2.54. The van der Waals surface area contributed by atoms with Gasteiger partial charge in [-0.25, -0.2) is 9.79 Å². The van der Waals surface area contributed by atoms with Gasteiger partial charge in [0.1, 0.15) is 5.04 Å². The largest absolute Gasteiger partial charge is 0.445 e. The van der Waals surface area contributed by atoms with Gasteiger partial charge in [-0.15, -0.1) is 0 Å². The molecule has 4 amide bonds. The Bertz CT molecular complexity index is 721. The number of amidine groups is 2. The maximum atomic E-state index is 12.6. The second-order valence-corrected chi connectivity index (χ2v) is 7.36. The van der Waals surface area contributed by atoms with Crippen molar-refractivity contribution < 1.29 is 19.0 Å². The molecule has 0 aliphatic carbocycles. The lowest BCUT2D eigenvalue weighted by molar-refractivity contribution is -0.407. The van der Waals surface area contributed by atoms with E-state index in [1.807, 2.05) is 4.90 Å². The number of hydrogen-bond donors (Lipinski definition) is 0. The number of carbonyl (C=O) groups excluding carboxylic acids is 3. The minimum absolute atomic E-state index is 0.0650. The summed E-state index contributed by atoms with van der Waals surface area (Å²) >= 11 is 1.27. The van der Waals surface area contributed by atoms with Crippen LogP contribution in [0.15, 0.2) is 9.98 Å². The number of urea groups is 1. The van der Waals surface area contributed by atoms with Crippen LogP contribution in [-0.4, -0.2) is 81.9 Å². The first-order valence-corrected chi connectivity index (χ1v) is 9.35. The molecule has 1 saturated heterocycles. The number of nitrogens with zero attached hydrogens (tertiary/aromatic N) is 5. The molecule has 1 unspecified atom stereocenters. The third kappa shape index (κ3) is 3.37. The van der Waals surface area contributed by atoms with E-state index in [4.69, 9.17) is 0 Å². The molecule has 0 radical (unpaired) electrons. The van der Waals surface area contributed by atoms with Gasteiger partial charge in [0.2, 0.25) is 11.7 Å². The molecule has 0 saturated carbocycles. The number of aliphatic imine (C=N–C) groups is 2. The summed E-state index contributed by atoms with van der Waals surface area (Å²) in [6, 6.07) is -0.413. The van der Waals surface area contributed by atoms with Gasteiger partial charge in [-0.05, 0) is 19.3 Å². The highest BCUT2D eigenvalue weighted by molar-refractivity contribution is 8.14. The van der Waals surface area contributed by atoms with E-state index in [1.165, 1.54) is 29.8 Å². The molecule has 9 heteroatoms. The van der Waals surface area contributed by atoms with Gasteiger partial charge in [-0.1, -0.05) is 16.8 Å². The maximum Gasteiger partial charge on any atom is 0.445 e. The minimum atomic E-state index is -0.712. The average molecular weight is 364 g/mol. The number of carbonyl (C=O) groups is 3. The summed E-state index contributed by atoms with van der Waals surface area (Å²) in [6.45, 7) is 3.31. The molecule has 1 atom stereocenters. The van der Waals surface area contributed by atoms with Gasteiger partial charge < -0.3 is 4.90 Å². The second kappa shape index (κ2) is 7.07. The molecule has 3 aliphatic heterocycles. The maximum absolute atomic E-state index is 12.6. The van der Waals surface area contributed by atoms with E-state index in [0.717, 1.165) is 30.8 Å². The first-order valence-electron chi connectivity index (χ1n) is 8.36. The molecule has 3 heterocycles. The van der Waals surface area contributed by atoms with Crippen LogP contribution in [0.1, 0.15) is 26.2 Å². The summed E-state index contributed by atoms with van der Waals surface area (Å²) in [4.78, 5) is 48.7. The van der Waals surface area contributed by atoms with Crippen molar-refractivity contribution in [2.24, 2.45) is 15.9 Å². The summed E-state index contributed by atoms with van der Waals surface area (Å²) < 4.78 is 1.37. The van der Waals surface area contributed by atoms with Crippen LogP contribution in [0.5, 0.6) is 0 Å². The van der Waals surface area contributed by atoms with Crippen molar-refractivity contribution in [2.45, 2.75) is 26.2 Å². The molecule has 0 aromatic carbocycles. The molecule has 134 valence electrons. The van der Waals surface area contributed by atoms with E-state index in [2.05, 4.69) is 9.98 Å². The average Bonchev–Trinajstić information content (AvgIpc) is 2.62. The fourth-order valence-corrected chi connectivity index (χ4v) is 4.19. The van der Waals surface area contributed by atoms with Crippen molar-refractivity contribution in [2.75, 3.05) is 32.9 Å². The Balaban J connectivity index is 1.79. The zero-order valence-corrected chi connectivity index (χ0v) is 15.5. The van der Waals surface area contributed by atoms with Gasteiger partial charge in [-0.2, -0.15) is 9.48 Å². The molecule has 3 aliphatic rings. The fourth-order valence-electron chi connectivity index (χ4n) is 3.17. The Morgan fingerprint density at radius 3 is 2.60 bits per heavy atom. The van der Waals surface area contributed by atoms with Gasteiger partial charge in [0, 0.05) is 20.0 Å². The van der Waals surface area contributed by atoms with Gasteiger partial charge in [0.25, 0.3) is 5.84 Å². The summed E-state index contributed by atoms with van der Waals surface area (Å²) in [5.74, 6) is 0.103. The predicted molar refractivity (Wildman–Crippen MR) is 96.3 cm³/mol. The van der Waals surface area contributed by atoms with Crippen LogP contribution in [0.3, 0.4) is 0 Å². The van der Waals surface area contributed by atoms with E-state index in [-0.39, 0.29) is 17.6 Å². The van der Waals surface area contributed by atoms with Crippen LogP contribution in [0, 0.1) is 5.92 Å². The monoisotopic (exact) mass is 364 g/mol. The van der Waals surface area contributed by atoms with Crippen molar-refractivity contribution >= 4 is 46.3 Å². The first-order chi connectivity index (χ1) is 11.9. The Labute approximate surface area is 150 Å². The standard InChI is InChI=1S/C16H22N5O3S/c1-10-17-13-12(15(23)20(3)16(24)19(13)2)14(18-10)25-9-11(22)21-7-5-4-6-8-21/h12H,4-9H2,1-3H3/q+1. The highest BCUT2D eigenvalue weighted by Crippen LogP contribution is 2.25. The van der Waals surface area contributed by atoms with Crippen LogP contribution in [0.2, 0.25) is 0 Å². The van der Waals surface area contributed by atoms with Crippen molar-refractivity contribution in [1.82, 2.24) is 9.80 Å². The van der Waals surface area contributed by atoms with Crippen molar-refractivity contribution in [3.8, 4) is 0 Å². The fraction of sp³-hybridized carbons (Fsp3) is 0.625. The number of amides is 4. The summed E-state index contributed by atoms with van der Waals surface area (Å²) in [5, 5.41) is 0.532. The highest BCUT2D eigenvalue weighted by atomic mass is 32.2. The van der Waals surface area contributed by atoms with Crippen LogP contribution >= 0.6 is 11.8 Å². The third-order valence-corrected chi connectivity index (χ3v) is 5.61. The van der Waals surface area contributed by atoms with E-state index < -0.39 is 11.9 Å². The van der Waals surface area contributed by atoms with Gasteiger partial charge >= 0.3 is 11.9 Å². The van der Waals surface area contributed by atoms with Crippen LogP contribution in [-0.2, 0) is 9.59 Å². The summed E-state index contributed by atoms with van der Waals surface area (Å²) in [5.41, 5.74) is 0. The van der Waals surface area contributed by atoms with Gasteiger partial charge in [0.05, 0.1) is 19.8 Å². The Hall–Kier alpha value is -2.03. The third-order valence-electron chi connectivity index (χ3n) is 4.60. The van der Waals surface area contributed by atoms with E-state index in [9.17, 15) is 14.4 Å². The second-order valence-electron chi connectivity index (χ2n) is 6.37. The number of piperidine rings is 1. The van der Waals surface area contributed by atoms with Crippen molar-refractivity contribution in [3.05, 3.63) is 0 Å². The van der Waals surface area contributed by atoms with Crippen LogP contribution < -0.4 is 0 Å². The zero-order valence-electron chi connectivity index (χ0n) is 14.7. The zero-order chi connectivity index (χ0) is 18.1. The van der Waals surface area contributed by atoms with E-state index >= 15 is 0 Å². The molecule has 1 fully saturated rings. The number of thioether (sulfide) groups is 1. The molecule has 0 spiro atoms. The molecule has 0 bridgehead atoms. The SMILES string of the molecule is CC1=NC2=[N+](C)C(=O)N(C)C(=O)C2C(SCC(=O)N2CCCCC2)=N1. The predicted octanol–water partition coefficient (Wildman–Crippen LogP) is 0.812. The van der Waals surface area contributed by atoms with Crippen LogP contribution in [0.4, 0.5) is 4.79 Å². The number of fused-ring (bicyclic) bond motifs is 1. The number of likely N-dealkylation sites (tertiary alicyclic amines) is 1. The van der Waals surface area contributed by atoms with Crippen LogP contribution in [0.25, 0.3) is 0 Å². The number of rotatable bonds is 2. The van der Waals surface area contributed by atoms with Gasteiger partial charge in [0.15, 0.2) is 5.92 Å². The molecule has 3 rings (SSSR count). The Kier molecular flexibility index (Phi) is 5.03. The topological polar surface area (TPSA) is 85.4 Å². The lowest BCUT2D eigenvalue weighted by atomic mass is 10.1. The van der Waals surface area contributed by atoms with E-state index in [0.29, 0.717) is 16.7 Å². The van der Waals surface area contributed by atoms with Gasteiger partial charge in [-0.3, -0.25) is 9.59 Å². The number of imide groups is 1. The Morgan fingerprint density at radius 1 is 1.24 bits per heavy atom. The first kappa shape index (κ1) is 17.8. The molecular formula is C16H22N5O3S+. The summed E-state index contributed by atoms with van der Waals surface area (Å²) in [7, 11) is 3.04. The van der Waals surface area contributed by atoms with Crippen molar-refractivity contribution in [3.63, 3.8) is 0 Å². The molecular weight excluding hydrogens is 342 g/mol. The molecule has 25 heavy (non-hydrogen) atoms. The quantitative estimate of drug-likeness (QED) is 0.679. The number of hydrogen-bond acceptors (Lipinski definition) is 6. The minimum Gasteiger partial charge on any atom is -0.342 e. The smallest absolute Gasteiger partial charge is 0.342 e. The Morgan fingerprint density at radius 2 is 1.92 bits per heavy atom. The summed E-state index contributed by atoms with van der Waals surface area (Å²) in [6.07, 6.45) is 3.25. The molecule has 0 N–H and O–H groups in total. The normalized spacial score (nSPS) is 24.2. The molecule has 8 nitrogen and oxygen atoms in total.